The number of likely N-dealkylation sites (tertiary alicyclic amines) is 1. The van der Waals surface area contributed by atoms with E-state index in [-0.39, 0.29) is 5.91 Å². The van der Waals surface area contributed by atoms with Gasteiger partial charge in [-0.2, -0.15) is 0 Å². The van der Waals surface area contributed by atoms with Crippen LogP contribution in [0.25, 0.3) is 10.9 Å². The minimum Gasteiger partial charge on any atom is -0.337 e. The number of rotatable bonds is 3. The van der Waals surface area contributed by atoms with E-state index in [2.05, 4.69) is 33.2 Å². The van der Waals surface area contributed by atoms with Crippen molar-refractivity contribution in [3.63, 3.8) is 0 Å². The number of aryl methyl sites for hydroxylation is 1. The smallest absolute Gasteiger partial charge is 0.272 e. The Morgan fingerprint density at radius 3 is 2.96 bits per heavy atom. The zero-order chi connectivity index (χ0) is 17.9. The van der Waals surface area contributed by atoms with E-state index in [1.54, 1.807) is 12.3 Å². The first kappa shape index (κ1) is 16.6. The van der Waals surface area contributed by atoms with Crippen LogP contribution in [0, 0.1) is 12.8 Å². The van der Waals surface area contributed by atoms with E-state index in [0.717, 1.165) is 37.9 Å². The minimum atomic E-state index is 0.0137. The second-order valence-electron chi connectivity index (χ2n) is 6.94. The molecule has 1 saturated heterocycles. The Labute approximate surface area is 153 Å². The van der Waals surface area contributed by atoms with Crippen molar-refractivity contribution in [2.75, 3.05) is 13.1 Å². The molecule has 0 aliphatic carbocycles. The van der Waals surface area contributed by atoms with Crippen LogP contribution in [0.5, 0.6) is 0 Å². The zero-order valence-corrected chi connectivity index (χ0v) is 14.9. The molecule has 0 saturated carbocycles. The first-order chi connectivity index (χ1) is 12.7. The summed E-state index contributed by atoms with van der Waals surface area (Å²) in [6.07, 6.45) is 6.62. The van der Waals surface area contributed by atoms with Gasteiger partial charge in [0.05, 0.1) is 5.52 Å². The largest absolute Gasteiger partial charge is 0.337 e. The Balaban J connectivity index is 1.51. The number of nitrogens with zero attached hydrogens (tertiary/aromatic N) is 4. The van der Waals surface area contributed by atoms with Gasteiger partial charge >= 0.3 is 0 Å². The second kappa shape index (κ2) is 7.20. The van der Waals surface area contributed by atoms with Crippen molar-refractivity contribution in [2.45, 2.75) is 26.2 Å². The summed E-state index contributed by atoms with van der Waals surface area (Å²) in [7, 11) is 0. The molecule has 3 heterocycles. The van der Waals surface area contributed by atoms with Crippen LogP contribution in [0.1, 0.15) is 34.7 Å². The monoisotopic (exact) mass is 346 g/mol. The maximum atomic E-state index is 12.8. The molecule has 1 aromatic carbocycles. The normalized spacial score (nSPS) is 17.4. The molecule has 1 fully saturated rings. The topological polar surface area (TPSA) is 59.0 Å². The van der Waals surface area contributed by atoms with Crippen molar-refractivity contribution >= 4 is 16.8 Å². The molecule has 4 rings (SSSR count). The number of amides is 1. The van der Waals surface area contributed by atoms with Crippen LogP contribution in [-0.4, -0.2) is 38.8 Å². The van der Waals surface area contributed by atoms with Gasteiger partial charge in [0, 0.05) is 30.9 Å². The molecule has 1 atom stereocenters. The molecule has 1 aliphatic rings. The fourth-order valence-electron chi connectivity index (χ4n) is 3.81. The van der Waals surface area contributed by atoms with Gasteiger partial charge in [0.25, 0.3) is 5.91 Å². The van der Waals surface area contributed by atoms with Crippen LogP contribution in [-0.2, 0) is 6.42 Å². The van der Waals surface area contributed by atoms with Crippen molar-refractivity contribution in [1.29, 1.82) is 0 Å². The van der Waals surface area contributed by atoms with Gasteiger partial charge in [-0.25, -0.2) is 9.97 Å². The third-order valence-electron chi connectivity index (χ3n) is 5.05. The zero-order valence-electron chi connectivity index (χ0n) is 14.9. The number of fused-ring (bicyclic) bond motifs is 1. The lowest BCUT2D eigenvalue weighted by atomic mass is 9.89. The predicted octanol–water partition coefficient (Wildman–Crippen LogP) is 3.43. The van der Waals surface area contributed by atoms with Crippen LogP contribution in [0.2, 0.25) is 0 Å². The molecular weight excluding hydrogens is 324 g/mol. The van der Waals surface area contributed by atoms with E-state index in [9.17, 15) is 4.79 Å². The SMILES string of the molecule is Cc1nccc(C(=O)N2CCCC(Cc3cccc4ncccc34)C2)n1. The number of carbonyl (C=O) groups is 1. The van der Waals surface area contributed by atoms with Gasteiger partial charge in [-0.15, -0.1) is 0 Å². The average molecular weight is 346 g/mol. The lowest BCUT2D eigenvalue weighted by molar-refractivity contribution is 0.0667. The molecule has 5 nitrogen and oxygen atoms in total. The summed E-state index contributed by atoms with van der Waals surface area (Å²) in [5.41, 5.74) is 2.84. The average Bonchev–Trinajstić information content (AvgIpc) is 2.68. The number of benzene rings is 1. The molecule has 26 heavy (non-hydrogen) atoms. The van der Waals surface area contributed by atoms with Gasteiger partial charge in [-0.1, -0.05) is 18.2 Å². The lowest BCUT2D eigenvalue weighted by Gasteiger charge is -2.33. The Morgan fingerprint density at radius 1 is 1.15 bits per heavy atom. The van der Waals surface area contributed by atoms with E-state index in [1.165, 1.54) is 10.9 Å². The molecule has 1 amide bonds. The summed E-state index contributed by atoms with van der Waals surface area (Å²) in [5.74, 6) is 1.11. The van der Waals surface area contributed by atoms with Gasteiger partial charge in [-0.3, -0.25) is 9.78 Å². The summed E-state index contributed by atoms with van der Waals surface area (Å²) >= 11 is 0. The van der Waals surface area contributed by atoms with Gasteiger partial charge in [0.2, 0.25) is 0 Å². The third kappa shape index (κ3) is 3.43. The van der Waals surface area contributed by atoms with Crippen LogP contribution in [0.4, 0.5) is 0 Å². The standard InChI is InChI=1S/C21H22N4O/c1-15-22-11-9-20(24-15)21(26)25-12-4-5-16(14-25)13-17-6-2-8-19-18(17)7-3-10-23-19/h2-3,6-11,16H,4-5,12-14H2,1H3. The molecule has 5 heteroatoms. The molecule has 0 N–H and O–H groups in total. The van der Waals surface area contributed by atoms with E-state index >= 15 is 0 Å². The number of hydrogen-bond acceptors (Lipinski definition) is 4. The van der Waals surface area contributed by atoms with E-state index in [4.69, 9.17) is 0 Å². The molecule has 0 bridgehead atoms. The quantitative estimate of drug-likeness (QED) is 0.729. The van der Waals surface area contributed by atoms with Gasteiger partial charge in [0.1, 0.15) is 11.5 Å². The van der Waals surface area contributed by atoms with Crippen LogP contribution < -0.4 is 0 Å². The van der Waals surface area contributed by atoms with Crippen LogP contribution in [0.3, 0.4) is 0 Å². The van der Waals surface area contributed by atoms with E-state index in [0.29, 0.717) is 17.4 Å². The number of hydrogen-bond donors (Lipinski definition) is 0. The molecule has 0 radical (unpaired) electrons. The Kier molecular flexibility index (Phi) is 4.61. The number of aromatic nitrogens is 3. The number of carbonyl (C=O) groups excluding carboxylic acids is 1. The highest BCUT2D eigenvalue weighted by molar-refractivity contribution is 5.92. The molecular formula is C21H22N4O. The molecule has 1 unspecified atom stereocenters. The summed E-state index contributed by atoms with van der Waals surface area (Å²) in [6, 6.07) is 12.1. The van der Waals surface area contributed by atoms with Crippen molar-refractivity contribution < 1.29 is 4.79 Å². The second-order valence-corrected chi connectivity index (χ2v) is 6.94. The van der Waals surface area contributed by atoms with Crippen molar-refractivity contribution in [2.24, 2.45) is 5.92 Å². The van der Waals surface area contributed by atoms with E-state index in [1.807, 2.05) is 30.2 Å². The highest BCUT2D eigenvalue weighted by atomic mass is 16.2. The number of piperidine rings is 1. The summed E-state index contributed by atoms with van der Waals surface area (Å²) in [4.78, 5) is 27.5. The molecule has 2 aromatic heterocycles. The summed E-state index contributed by atoms with van der Waals surface area (Å²) < 4.78 is 0. The summed E-state index contributed by atoms with van der Waals surface area (Å²) in [5, 5.41) is 1.21. The molecule has 132 valence electrons. The van der Waals surface area contributed by atoms with Crippen molar-refractivity contribution in [3.8, 4) is 0 Å². The van der Waals surface area contributed by atoms with Crippen molar-refractivity contribution in [1.82, 2.24) is 19.9 Å². The lowest BCUT2D eigenvalue weighted by Crippen LogP contribution is -2.41. The third-order valence-corrected chi connectivity index (χ3v) is 5.05. The summed E-state index contributed by atoms with van der Waals surface area (Å²) in [6.45, 7) is 3.39. The predicted molar refractivity (Wildman–Crippen MR) is 101 cm³/mol. The minimum absolute atomic E-state index is 0.0137. The Bertz CT molecular complexity index is 935. The molecule has 1 aliphatic heterocycles. The Morgan fingerprint density at radius 2 is 2.08 bits per heavy atom. The van der Waals surface area contributed by atoms with Crippen LogP contribution >= 0.6 is 0 Å². The Hall–Kier alpha value is -2.82. The highest BCUT2D eigenvalue weighted by Gasteiger charge is 2.25. The van der Waals surface area contributed by atoms with Gasteiger partial charge in [0.15, 0.2) is 0 Å². The fourth-order valence-corrected chi connectivity index (χ4v) is 3.81. The molecule has 3 aromatic rings. The maximum absolute atomic E-state index is 12.8. The highest BCUT2D eigenvalue weighted by Crippen LogP contribution is 2.25. The van der Waals surface area contributed by atoms with Gasteiger partial charge < -0.3 is 4.90 Å². The molecule has 0 spiro atoms. The van der Waals surface area contributed by atoms with Crippen molar-refractivity contribution in [3.05, 3.63) is 65.9 Å². The fraction of sp³-hybridized carbons (Fsp3) is 0.333. The first-order valence-corrected chi connectivity index (χ1v) is 9.12. The van der Waals surface area contributed by atoms with E-state index < -0.39 is 0 Å². The number of pyridine rings is 1. The maximum Gasteiger partial charge on any atom is 0.272 e. The first-order valence-electron chi connectivity index (χ1n) is 9.12. The van der Waals surface area contributed by atoms with Gasteiger partial charge in [-0.05, 0) is 55.9 Å². The van der Waals surface area contributed by atoms with Crippen LogP contribution in [0.15, 0.2) is 48.8 Å².